The second-order valence-corrected chi connectivity index (χ2v) is 7.18. The van der Waals surface area contributed by atoms with E-state index in [4.69, 9.17) is 4.74 Å². The largest absolute Gasteiger partial charge is 0.573 e. The summed E-state index contributed by atoms with van der Waals surface area (Å²) in [5.74, 6) is -1.42. The van der Waals surface area contributed by atoms with Crippen molar-refractivity contribution in [2.75, 3.05) is 18.1 Å². The average molecular weight is 423 g/mol. The van der Waals surface area contributed by atoms with Crippen molar-refractivity contribution < 1.29 is 36.6 Å². The third-order valence-electron chi connectivity index (χ3n) is 5.22. The number of halogens is 4. The molecule has 30 heavy (non-hydrogen) atoms. The molecule has 0 bridgehead atoms. The number of rotatable bonds is 5. The van der Waals surface area contributed by atoms with Gasteiger partial charge in [-0.15, -0.1) is 13.2 Å². The van der Waals surface area contributed by atoms with Crippen molar-refractivity contribution >= 4 is 17.4 Å². The van der Waals surface area contributed by atoms with Crippen LogP contribution in [-0.2, 0) is 11.2 Å². The summed E-state index contributed by atoms with van der Waals surface area (Å²) in [5.41, 5.74) is 1.08. The molecule has 1 aliphatic heterocycles. The van der Waals surface area contributed by atoms with Crippen molar-refractivity contribution in [2.45, 2.75) is 25.6 Å². The Labute approximate surface area is 169 Å². The molecular weight excluding hydrogens is 406 g/mol. The third-order valence-corrected chi connectivity index (χ3v) is 5.22. The van der Waals surface area contributed by atoms with Crippen molar-refractivity contribution in [3.63, 3.8) is 0 Å². The van der Waals surface area contributed by atoms with E-state index in [1.807, 2.05) is 0 Å². The summed E-state index contributed by atoms with van der Waals surface area (Å²) in [6.45, 7) is 0.388. The van der Waals surface area contributed by atoms with E-state index in [0.29, 0.717) is 42.0 Å². The summed E-state index contributed by atoms with van der Waals surface area (Å²) in [4.78, 5) is 26.1. The van der Waals surface area contributed by atoms with Gasteiger partial charge < -0.3 is 14.4 Å². The molecule has 1 amide bonds. The van der Waals surface area contributed by atoms with Crippen LogP contribution in [0.4, 0.5) is 23.2 Å². The maximum atomic E-state index is 14.3. The van der Waals surface area contributed by atoms with Crippen LogP contribution >= 0.6 is 0 Å². The van der Waals surface area contributed by atoms with Gasteiger partial charge in [0.25, 0.3) is 0 Å². The number of hydrogen-bond acceptors (Lipinski definition) is 4. The molecule has 5 nitrogen and oxygen atoms in total. The molecule has 0 N–H and O–H groups in total. The number of fused-ring (bicyclic) bond motifs is 1. The fourth-order valence-electron chi connectivity index (χ4n) is 3.74. The van der Waals surface area contributed by atoms with Crippen LogP contribution in [0.3, 0.4) is 0 Å². The fraction of sp³-hybridized carbons (Fsp3) is 0.333. The van der Waals surface area contributed by atoms with E-state index in [2.05, 4.69) is 4.74 Å². The highest BCUT2D eigenvalue weighted by Gasteiger charge is 2.35. The van der Waals surface area contributed by atoms with Gasteiger partial charge in [0.05, 0.1) is 12.5 Å². The Balaban J connectivity index is 1.39. The summed E-state index contributed by atoms with van der Waals surface area (Å²) in [6.07, 6.45) is -3.66. The smallest absolute Gasteiger partial charge is 0.493 e. The van der Waals surface area contributed by atoms with Crippen LogP contribution in [0.5, 0.6) is 11.5 Å². The number of Topliss-reactive ketones (excluding diaryl/α,β-unsaturated/α-hetero) is 1. The van der Waals surface area contributed by atoms with Crippen LogP contribution in [0.2, 0.25) is 0 Å². The quantitative estimate of drug-likeness (QED) is 0.674. The number of nitrogens with zero attached hydrogens (tertiary/aromatic N) is 1. The summed E-state index contributed by atoms with van der Waals surface area (Å²) in [6, 6.07) is 7.72. The number of anilines is 1. The molecule has 0 aromatic heterocycles. The van der Waals surface area contributed by atoms with Gasteiger partial charge in [-0.3, -0.25) is 9.59 Å². The van der Waals surface area contributed by atoms with Crippen LogP contribution in [0, 0.1) is 11.7 Å². The van der Waals surface area contributed by atoms with Gasteiger partial charge in [0, 0.05) is 24.2 Å². The molecule has 1 aliphatic carbocycles. The van der Waals surface area contributed by atoms with Crippen molar-refractivity contribution in [2.24, 2.45) is 5.92 Å². The van der Waals surface area contributed by atoms with Gasteiger partial charge in [0.15, 0.2) is 5.78 Å². The van der Waals surface area contributed by atoms with Gasteiger partial charge >= 0.3 is 6.36 Å². The zero-order valence-electron chi connectivity index (χ0n) is 15.7. The Morgan fingerprint density at radius 3 is 2.43 bits per heavy atom. The van der Waals surface area contributed by atoms with Crippen molar-refractivity contribution in [1.29, 1.82) is 0 Å². The molecule has 2 aromatic carbocycles. The Hall–Kier alpha value is -3.10. The lowest BCUT2D eigenvalue weighted by molar-refractivity contribution is -0.274. The minimum Gasteiger partial charge on any atom is -0.493 e. The van der Waals surface area contributed by atoms with E-state index in [0.717, 1.165) is 12.1 Å². The monoisotopic (exact) mass is 423 g/mol. The Morgan fingerprint density at radius 1 is 1.03 bits per heavy atom. The number of benzene rings is 2. The maximum absolute atomic E-state index is 14.3. The standard InChI is InChI=1S/C21H17F4NO4/c22-18-10-13(9-17-16(18)5-6-19(17)27)26-8-7-12(20(26)28)11-29-14-1-3-15(4-2-14)30-21(23,24)25/h1-4,9-10,12H,5-8,11H2. The van der Waals surface area contributed by atoms with Gasteiger partial charge in [-0.2, -0.15) is 0 Å². The van der Waals surface area contributed by atoms with E-state index in [1.165, 1.54) is 23.1 Å². The first-order valence-corrected chi connectivity index (χ1v) is 9.37. The van der Waals surface area contributed by atoms with Crippen LogP contribution in [0.25, 0.3) is 0 Å². The molecule has 0 saturated carbocycles. The number of amides is 1. The van der Waals surface area contributed by atoms with E-state index in [1.54, 1.807) is 6.07 Å². The SMILES string of the molecule is O=C1CCc2c(F)cc(N3CCC(COc4ccc(OC(F)(F)F)cc4)C3=O)cc21. The van der Waals surface area contributed by atoms with Gasteiger partial charge in [0.2, 0.25) is 5.91 Å². The first kappa shape index (κ1) is 20.2. The van der Waals surface area contributed by atoms with Crippen LogP contribution in [0.15, 0.2) is 36.4 Å². The molecule has 2 aliphatic rings. The van der Waals surface area contributed by atoms with Gasteiger partial charge in [0.1, 0.15) is 17.3 Å². The summed E-state index contributed by atoms with van der Waals surface area (Å²) in [5, 5.41) is 0. The van der Waals surface area contributed by atoms with E-state index in [9.17, 15) is 27.2 Å². The van der Waals surface area contributed by atoms with Gasteiger partial charge in [-0.1, -0.05) is 0 Å². The van der Waals surface area contributed by atoms with Crippen LogP contribution in [-0.4, -0.2) is 31.2 Å². The van der Waals surface area contributed by atoms with E-state index >= 15 is 0 Å². The number of hydrogen-bond donors (Lipinski definition) is 0. The van der Waals surface area contributed by atoms with Crippen molar-refractivity contribution in [1.82, 2.24) is 0 Å². The summed E-state index contributed by atoms with van der Waals surface area (Å²) >= 11 is 0. The molecule has 9 heteroatoms. The highest BCUT2D eigenvalue weighted by Crippen LogP contribution is 2.33. The summed E-state index contributed by atoms with van der Waals surface area (Å²) in [7, 11) is 0. The summed E-state index contributed by atoms with van der Waals surface area (Å²) < 4.78 is 60.2. The normalized spacial score (nSPS) is 18.7. The number of ketones is 1. The predicted octanol–water partition coefficient (Wildman–Crippen LogP) is 4.29. The average Bonchev–Trinajstić information content (AvgIpc) is 3.23. The molecule has 0 spiro atoms. The predicted molar refractivity (Wildman–Crippen MR) is 98.1 cm³/mol. The molecule has 4 rings (SSSR count). The number of alkyl halides is 3. The van der Waals surface area contributed by atoms with Crippen molar-refractivity contribution in [3.8, 4) is 11.5 Å². The Kier molecular flexibility index (Phi) is 5.13. The zero-order chi connectivity index (χ0) is 21.5. The lowest BCUT2D eigenvalue weighted by Crippen LogP contribution is -2.29. The highest BCUT2D eigenvalue weighted by atomic mass is 19.4. The zero-order valence-corrected chi connectivity index (χ0v) is 15.7. The van der Waals surface area contributed by atoms with Gasteiger partial charge in [-0.05, 0) is 54.8 Å². The Morgan fingerprint density at radius 2 is 1.73 bits per heavy atom. The van der Waals surface area contributed by atoms with E-state index in [-0.39, 0.29) is 30.5 Å². The lowest BCUT2D eigenvalue weighted by Gasteiger charge is -2.18. The van der Waals surface area contributed by atoms with Crippen molar-refractivity contribution in [3.05, 3.63) is 53.3 Å². The minimum atomic E-state index is -4.77. The molecule has 158 valence electrons. The lowest BCUT2D eigenvalue weighted by atomic mass is 10.1. The van der Waals surface area contributed by atoms with Crippen LogP contribution < -0.4 is 14.4 Å². The minimum absolute atomic E-state index is 0.0289. The third kappa shape index (κ3) is 4.10. The Bertz CT molecular complexity index is 988. The first-order valence-electron chi connectivity index (χ1n) is 9.37. The van der Waals surface area contributed by atoms with E-state index < -0.39 is 18.1 Å². The highest BCUT2D eigenvalue weighted by molar-refractivity contribution is 6.03. The number of carbonyl (C=O) groups excluding carboxylic acids is 2. The number of ether oxygens (including phenoxy) is 2. The molecular formula is C21H17F4NO4. The molecule has 1 unspecified atom stereocenters. The topological polar surface area (TPSA) is 55.8 Å². The fourth-order valence-corrected chi connectivity index (χ4v) is 3.74. The molecule has 1 fully saturated rings. The molecule has 0 radical (unpaired) electrons. The second-order valence-electron chi connectivity index (χ2n) is 7.18. The first-order chi connectivity index (χ1) is 14.2. The second kappa shape index (κ2) is 7.62. The number of carbonyl (C=O) groups is 2. The van der Waals surface area contributed by atoms with Gasteiger partial charge in [-0.25, -0.2) is 4.39 Å². The van der Waals surface area contributed by atoms with Crippen LogP contribution in [0.1, 0.15) is 28.8 Å². The molecule has 1 saturated heterocycles. The molecule has 1 atom stereocenters. The molecule has 2 aromatic rings. The molecule has 1 heterocycles. The maximum Gasteiger partial charge on any atom is 0.573 e.